The van der Waals surface area contributed by atoms with Crippen molar-refractivity contribution in [3.05, 3.63) is 29.7 Å². The molecule has 4 N–H and O–H groups in total. The Kier molecular flexibility index (Phi) is 6.94. The number of nitrogens with zero attached hydrogens (tertiary/aromatic N) is 4. The van der Waals surface area contributed by atoms with Gasteiger partial charge in [-0.05, 0) is 43.4 Å². The topological polar surface area (TPSA) is 116 Å². The van der Waals surface area contributed by atoms with E-state index in [2.05, 4.69) is 15.2 Å². The smallest absolute Gasteiger partial charge is 0.419 e. The van der Waals surface area contributed by atoms with Crippen molar-refractivity contribution in [3.63, 3.8) is 0 Å². The molecule has 0 radical (unpaired) electrons. The van der Waals surface area contributed by atoms with Crippen LogP contribution in [0.5, 0.6) is 5.75 Å². The first kappa shape index (κ1) is 23.2. The second kappa shape index (κ2) is 9.88. The van der Waals surface area contributed by atoms with Crippen LogP contribution in [0.3, 0.4) is 0 Å². The monoisotopic (exact) mass is 466 g/mol. The van der Waals surface area contributed by atoms with Gasteiger partial charge in [0.1, 0.15) is 11.8 Å². The highest BCUT2D eigenvalue weighted by atomic mass is 19.4. The summed E-state index contributed by atoms with van der Waals surface area (Å²) >= 11 is 0. The fourth-order valence-electron chi connectivity index (χ4n) is 4.69. The minimum Gasteiger partial charge on any atom is -0.493 e. The zero-order valence-electron chi connectivity index (χ0n) is 18.4. The van der Waals surface area contributed by atoms with Crippen molar-refractivity contribution in [2.45, 2.75) is 63.6 Å². The molecule has 1 aromatic carbocycles. The molecule has 11 heteroatoms. The lowest BCUT2D eigenvalue weighted by molar-refractivity contribution is -0.138. The first-order valence-corrected chi connectivity index (χ1v) is 11.3. The van der Waals surface area contributed by atoms with Crippen LogP contribution in [0.1, 0.15) is 68.9 Å². The number of hydrogen-bond donors (Lipinski definition) is 2. The van der Waals surface area contributed by atoms with E-state index >= 15 is 0 Å². The lowest BCUT2D eigenvalue weighted by Gasteiger charge is -2.22. The van der Waals surface area contributed by atoms with Gasteiger partial charge in [-0.15, -0.1) is 5.10 Å². The highest BCUT2D eigenvalue weighted by Crippen LogP contribution is 2.39. The number of benzene rings is 1. The summed E-state index contributed by atoms with van der Waals surface area (Å²) in [7, 11) is 0. The molecule has 2 heterocycles. The number of aromatic nitrogens is 2. The van der Waals surface area contributed by atoms with Crippen LogP contribution in [-0.2, 0) is 6.18 Å². The van der Waals surface area contributed by atoms with Crippen molar-refractivity contribution in [3.8, 4) is 17.1 Å². The van der Waals surface area contributed by atoms with E-state index in [9.17, 15) is 13.2 Å². The van der Waals surface area contributed by atoms with Gasteiger partial charge in [-0.2, -0.15) is 18.2 Å². The number of guanidine groups is 1. The Morgan fingerprint density at radius 1 is 1.18 bits per heavy atom. The minimum absolute atomic E-state index is 0.0689. The highest BCUT2D eigenvalue weighted by Gasteiger charge is 2.36. The van der Waals surface area contributed by atoms with Gasteiger partial charge in [-0.25, -0.2) is 0 Å². The lowest BCUT2D eigenvalue weighted by atomic mass is 9.87. The molecule has 8 nitrogen and oxygen atoms in total. The van der Waals surface area contributed by atoms with Crippen LogP contribution < -0.4 is 16.3 Å². The standard InChI is InChI=1S/C22H29F3N6O2/c23-22(24,25)16-13-15(8-9-18(16)32-12-10-14-5-2-1-3-6-14)19-28-20(33-30-19)17-7-4-11-31(17)21(26)29-27/h8-9,13-14,17H,1-7,10-12,27H2,(H2,26,29)/t17-/m0/s1. The Bertz CT molecular complexity index is 971. The van der Waals surface area contributed by atoms with Crippen LogP contribution >= 0.6 is 0 Å². The molecule has 0 spiro atoms. The van der Waals surface area contributed by atoms with Gasteiger partial charge < -0.3 is 25.7 Å². The molecular formula is C22H29F3N6O2. The van der Waals surface area contributed by atoms with Crippen LogP contribution in [0, 0.1) is 5.92 Å². The summed E-state index contributed by atoms with van der Waals surface area (Å²) in [5.74, 6) is 6.09. The summed E-state index contributed by atoms with van der Waals surface area (Å²) in [6.45, 7) is 0.890. The third-order valence-corrected chi connectivity index (χ3v) is 6.46. The fourth-order valence-corrected chi connectivity index (χ4v) is 4.69. The maximum absolute atomic E-state index is 13.8. The molecule has 0 amide bonds. The number of nitrogens with two attached hydrogens (primary N) is 2. The van der Waals surface area contributed by atoms with Crippen molar-refractivity contribution in [2.24, 2.45) is 22.6 Å². The average Bonchev–Trinajstić information content (AvgIpc) is 3.48. The Labute approximate surface area is 190 Å². The van der Waals surface area contributed by atoms with Gasteiger partial charge >= 0.3 is 6.18 Å². The van der Waals surface area contributed by atoms with Crippen LogP contribution in [0.2, 0.25) is 0 Å². The largest absolute Gasteiger partial charge is 0.493 e. The molecule has 1 atom stereocenters. The summed E-state index contributed by atoms with van der Waals surface area (Å²) in [6, 6.07) is 3.54. The molecule has 1 aliphatic carbocycles. The van der Waals surface area contributed by atoms with E-state index in [-0.39, 0.29) is 41.6 Å². The SMILES string of the molecule is NN=C(N)N1CCC[C@H]1c1nc(-c2ccc(OCCC3CCCCC3)c(C(F)(F)F)c2)no1. The lowest BCUT2D eigenvalue weighted by Crippen LogP contribution is -2.37. The third kappa shape index (κ3) is 5.33. The maximum atomic E-state index is 13.8. The van der Waals surface area contributed by atoms with E-state index in [0.717, 1.165) is 31.7 Å². The minimum atomic E-state index is -4.57. The van der Waals surface area contributed by atoms with Gasteiger partial charge in [0.15, 0.2) is 0 Å². The molecule has 2 aliphatic rings. The molecule has 2 aromatic rings. The van der Waals surface area contributed by atoms with Crippen LogP contribution in [0.25, 0.3) is 11.4 Å². The van der Waals surface area contributed by atoms with Crippen molar-refractivity contribution >= 4 is 5.96 Å². The Morgan fingerprint density at radius 3 is 2.70 bits per heavy atom. The summed E-state index contributed by atoms with van der Waals surface area (Å²) in [6.07, 6.45) is 3.56. The number of hydrazone groups is 1. The second-order valence-electron chi connectivity index (χ2n) is 8.64. The predicted molar refractivity (Wildman–Crippen MR) is 116 cm³/mol. The molecule has 33 heavy (non-hydrogen) atoms. The number of halogens is 3. The van der Waals surface area contributed by atoms with Gasteiger partial charge in [-0.1, -0.05) is 37.3 Å². The number of rotatable bonds is 6. The van der Waals surface area contributed by atoms with Gasteiger partial charge in [0.2, 0.25) is 17.7 Å². The van der Waals surface area contributed by atoms with Crippen molar-refractivity contribution in [1.29, 1.82) is 0 Å². The first-order chi connectivity index (χ1) is 15.9. The molecule has 4 rings (SSSR count). The Morgan fingerprint density at radius 2 is 1.97 bits per heavy atom. The van der Waals surface area contributed by atoms with Crippen molar-refractivity contribution < 1.29 is 22.4 Å². The fraction of sp³-hybridized carbons (Fsp3) is 0.591. The highest BCUT2D eigenvalue weighted by molar-refractivity contribution is 5.78. The zero-order valence-corrected chi connectivity index (χ0v) is 18.4. The molecule has 0 bridgehead atoms. The number of hydrogen-bond acceptors (Lipinski definition) is 6. The van der Waals surface area contributed by atoms with Gasteiger partial charge in [0.25, 0.3) is 0 Å². The van der Waals surface area contributed by atoms with E-state index in [4.69, 9.17) is 20.8 Å². The Balaban J connectivity index is 1.50. The zero-order chi connectivity index (χ0) is 23.4. The summed E-state index contributed by atoms with van der Waals surface area (Å²) < 4.78 is 52.2. The number of ether oxygens (including phenoxy) is 1. The first-order valence-electron chi connectivity index (χ1n) is 11.3. The molecule has 1 saturated heterocycles. The van der Waals surface area contributed by atoms with Gasteiger partial charge in [-0.3, -0.25) is 0 Å². The average molecular weight is 467 g/mol. The Hall–Kier alpha value is -2.98. The van der Waals surface area contributed by atoms with Gasteiger partial charge in [0.05, 0.1) is 12.2 Å². The normalized spacial score (nSPS) is 20.4. The van der Waals surface area contributed by atoms with Crippen molar-refractivity contribution in [1.82, 2.24) is 15.0 Å². The van der Waals surface area contributed by atoms with Crippen LogP contribution in [0.4, 0.5) is 13.2 Å². The van der Waals surface area contributed by atoms with E-state index in [1.165, 1.54) is 31.4 Å². The summed E-state index contributed by atoms with van der Waals surface area (Å²) in [4.78, 5) is 6.06. The quantitative estimate of drug-likeness (QED) is 0.280. The van der Waals surface area contributed by atoms with Crippen LogP contribution in [-0.4, -0.2) is 34.2 Å². The van der Waals surface area contributed by atoms with E-state index in [1.54, 1.807) is 4.90 Å². The van der Waals surface area contributed by atoms with E-state index in [0.29, 0.717) is 18.9 Å². The molecule has 1 saturated carbocycles. The second-order valence-corrected chi connectivity index (χ2v) is 8.64. The molecule has 1 aromatic heterocycles. The molecule has 180 valence electrons. The van der Waals surface area contributed by atoms with Crippen molar-refractivity contribution in [2.75, 3.05) is 13.2 Å². The summed E-state index contributed by atoms with van der Waals surface area (Å²) in [5, 5.41) is 7.40. The number of alkyl halides is 3. The van der Waals surface area contributed by atoms with E-state index in [1.807, 2.05) is 0 Å². The molecule has 1 aliphatic heterocycles. The van der Waals surface area contributed by atoms with E-state index < -0.39 is 11.7 Å². The predicted octanol–water partition coefficient (Wildman–Crippen LogP) is 4.43. The molecular weight excluding hydrogens is 437 g/mol. The molecule has 2 fully saturated rings. The molecule has 0 unspecified atom stereocenters. The van der Waals surface area contributed by atoms with Crippen LogP contribution in [0.15, 0.2) is 27.8 Å². The summed E-state index contributed by atoms with van der Waals surface area (Å²) in [5.41, 5.74) is 5.16. The maximum Gasteiger partial charge on any atom is 0.419 e. The number of likely N-dealkylation sites (tertiary alicyclic amines) is 1. The third-order valence-electron chi connectivity index (χ3n) is 6.46. The van der Waals surface area contributed by atoms with Gasteiger partial charge in [0, 0.05) is 12.1 Å².